The number of phosphoric acid groups is 1. The topological polar surface area (TPSA) is 185 Å². The second kappa shape index (κ2) is 26.2. The molecule has 1 aliphatic rings. The van der Waals surface area contributed by atoms with Crippen LogP contribution in [0.25, 0.3) is 0 Å². The van der Waals surface area contributed by atoms with Crippen molar-refractivity contribution < 1.29 is 70.5 Å². The molecule has 0 N–H and O–H groups in total. The van der Waals surface area contributed by atoms with Crippen LogP contribution in [0.15, 0.2) is 0 Å². The molecule has 0 spiro atoms. The Bertz CT molecular complexity index is 1180. The summed E-state index contributed by atoms with van der Waals surface area (Å²) < 4.78 is 60.6. The van der Waals surface area contributed by atoms with Crippen LogP contribution in [0.2, 0.25) is 0 Å². The van der Waals surface area contributed by atoms with Gasteiger partial charge in [-0.2, -0.15) is 0 Å². The van der Waals surface area contributed by atoms with Crippen molar-refractivity contribution in [2.45, 2.75) is 153 Å². The molecule has 1 rings (SSSR count). The lowest BCUT2D eigenvalue weighted by atomic mass is 9.98. The van der Waals surface area contributed by atoms with Gasteiger partial charge in [0.1, 0.15) is 19.3 Å². The fourth-order valence-electron chi connectivity index (χ4n) is 5.50. The number of halogens is 3. The summed E-state index contributed by atoms with van der Waals surface area (Å²) in [5, 5.41) is 0. The summed E-state index contributed by atoms with van der Waals surface area (Å²) in [5.41, 5.74) is 0. The molecule has 19 heteroatoms. The first-order valence-electron chi connectivity index (χ1n) is 17.9. The number of hydrogen-bond donors (Lipinski definition) is 0. The number of carbonyl (C=O) groups excluding carboxylic acids is 5. The summed E-state index contributed by atoms with van der Waals surface area (Å²) in [5.74, 6) is -5.00. The molecule has 0 aromatic rings. The number of hydrogen-bond acceptors (Lipinski definition) is 15. The van der Waals surface area contributed by atoms with Crippen molar-refractivity contribution in [2.75, 3.05) is 26.9 Å². The van der Waals surface area contributed by atoms with Crippen LogP contribution in [0.4, 0.5) is 0 Å². The summed E-state index contributed by atoms with van der Waals surface area (Å²) in [7, 11) is -3.75. The first-order chi connectivity index (χ1) is 24.9. The van der Waals surface area contributed by atoms with Gasteiger partial charge in [0, 0.05) is 27.7 Å². The number of rotatable bonds is 26. The average molecular weight is 842 g/mol. The Morgan fingerprint density at radius 1 is 0.698 bits per heavy atom. The van der Waals surface area contributed by atoms with Gasteiger partial charge in [0.15, 0.2) is 18.3 Å². The van der Waals surface area contributed by atoms with Gasteiger partial charge in [-0.25, -0.2) is 4.57 Å². The molecule has 0 aliphatic carbocycles. The predicted molar refractivity (Wildman–Crippen MR) is 194 cm³/mol. The SMILES string of the molecule is CCCCCCCCCCCCCC[C@H](COP(=O)(OCC(Cl)(Cl)Cl)O[C@H]1O[C@H](COC(C)=O)[C@@H](OC(C)=O)[C@H](OC(C)=O)[C@H]1OC(C)=O)C(=O)OC. The van der Waals surface area contributed by atoms with Crippen molar-refractivity contribution in [3.05, 3.63) is 0 Å². The van der Waals surface area contributed by atoms with Gasteiger partial charge in [0.2, 0.25) is 10.1 Å². The van der Waals surface area contributed by atoms with E-state index in [9.17, 15) is 28.5 Å². The van der Waals surface area contributed by atoms with E-state index in [1.165, 1.54) is 52.1 Å². The van der Waals surface area contributed by atoms with Crippen molar-refractivity contribution in [3.63, 3.8) is 0 Å². The lowest BCUT2D eigenvalue weighted by molar-refractivity contribution is -0.292. The molecule has 0 amide bonds. The summed E-state index contributed by atoms with van der Waals surface area (Å²) in [6.45, 7) is 4.44. The lowest BCUT2D eigenvalue weighted by Crippen LogP contribution is -2.62. The Balaban J connectivity index is 3.19. The van der Waals surface area contributed by atoms with Gasteiger partial charge in [-0.3, -0.25) is 37.5 Å². The maximum Gasteiger partial charge on any atom is 0.477 e. The smallest absolute Gasteiger partial charge is 0.469 e. The van der Waals surface area contributed by atoms with Gasteiger partial charge in [-0.05, 0) is 6.42 Å². The fraction of sp³-hybridized carbons (Fsp3) is 0.853. The van der Waals surface area contributed by atoms with Crippen LogP contribution in [0, 0.1) is 5.92 Å². The third kappa shape index (κ3) is 21.8. The minimum Gasteiger partial charge on any atom is -0.469 e. The van der Waals surface area contributed by atoms with Crippen LogP contribution < -0.4 is 0 Å². The van der Waals surface area contributed by atoms with Crippen LogP contribution in [0.3, 0.4) is 0 Å². The second-order valence-corrected chi connectivity index (χ2v) is 16.8. The highest BCUT2D eigenvalue weighted by atomic mass is 35.6. The maximum atomic E-state index is 14.2. The van der Waals surface area contributed by atoms with Gasteiger partial charge in [-0.1, -0.05) is 119 Å². The molecule has 0 saturated carbocycles. The van der Waals surface area contributed by atoms with Crippen molar-refractivity contribution in [2.24, 2.45) is 5.92 Å². The molecule has 0 aromatic carbocycles. The molecule has 1 heterocycles. The van der Waals surface area contributed by atoms with E-state index in [1.54, 1.807) is 0 Å². The molecule has 1 fully saturated rings. The van der Waals surface area contributed by atoms with Crippen LogP contribution in [0.1, 0.15) is 118 Å². The van der Waals surface area contributed by atoms with Gasteiger partial charge in [-0.15, -0.1) is 0 Å². The van der Waals surface area contributed by atoms with Crippen LogP contribution in [0.5, 0.6) is 0 Å². The van der Waals surface area contributed by atoms with Crippen molar-refractivity contribution in [3.8, 4) is 0 Å². The highest BCUT2D eigenvalue weighted by Crippen LogP contribution is 2.54. The minimum atomic E-state index is -4.94. The summed E-state index contributed by atoms with van der Waals surface area (Å²) in [6, 6.07) is 0. The quantitative estimate of drug-likeness (QED) is 0.0274. The van der Waals surface area contributed by atoms with E-state index in [0.29, 0.717) is 12.8 Å². The zero-order valence-corrected chi connectivity index (χ0v) is 34.6. The average Bonchev–Trinajstić information content (AvgIpc) is 3.06. The Morgan fingerprint density at radius 3 is 1.66 bits per heavy atom. The highest BCUT2D eigenvalue weighted by molar-refractivity contribution is 7.48. The molecule has 53 heavy (non-hydrogen) atoms. The zero-order chi connectivity index (χ0) is 40.0. The van der Waals surface area contributed by atoms with E-state index in [1.807, 2.05) is 0 Å². The van der Waals surface area contributed by atoms with Crippen LogP contribution >= 0.6 is 42.6 Å². The number of phosphoric ester groups is 1. The number of unbranched alkanes of at least 4 members (excludes halogenated alkanes) is 11. The van der Waals surface area contributed by atoms with E-state index in [4.69, 9.17) is 76.8 Å². The number of alkyl halides is 3. The van der Waals surface area contributed by atoms with Gasteiger partial charge >= 0.3 is 37.7 Å². The molecule has 1 saturated heterocycles. The molecule has 1 aliphatic heterocycles. The first-order valence-corrected chi connectivity index (χ1v) is 20.5. The Kier molecular flexibility index (Phi) is 24.4. The Labute approximate surface area is 327 Å². The van der Waals surface area contributed by atoms with Crippen molar-refractivity contribution >= 4 is 72.5 Å². The molecule has 0 radical (unpaired) electrons. The van der Waals surface area contributed by atoms with E-state index in [-0.39, 0.29) is 0 Å². The van der Waals surface area contributed by atoms with Crippen LogP contribution in [-0.4, -0.2) is 91.3 Å². The molecule has 0 aromatic heterocycles. The largest absolute Gasteiger partial charge is 0.477 e. The summed E-state index contributed by atoms with van der Waals surface area (Å²) >= 11 is 17.6. The minimum absolute atomic E-state index is 0.313. The number of esters is 5. The monoisotopic (exact) mass is 840 g/mol. The number of carbonyl (C=O) groups is 5. The number of methoxy groups -OCH3 is 1. The standard InChI is InChI=1S/C34H56Cl3O15P/c1-7-8-9-10-11-12-13-14-15-16-17-18-19-27(32(42)44-6)20-46-53(43,47-22-34(35,36)37)52-33-31(50-26(5)41)30(49-25(4)40)29(48-24(3)39)28(51-33)21-45-23(2)38/h27-31,33H,7-22H2,1-6H3/t27-,28-,29-,30+,31-,33-,53?/m1/s1. The molecular weight excluding hydrogens is 786 g/mol. The lowest BCUT2D eigenvalue weighted by Gasteiger charge is -2.44. The number of ether oxygens (including phenoxy) is 6. The third-order valence-corrected chi connectivity index (χ3v) is 9.65. The summed E-state index contributed by atoms with van der Waals surface area (Å²) in [4.78, 5) is 60.9. The zero-order valence-electron chi connectivity index (χ0n) is 31.5. The van der Waals surface area contributed by atoms with Gasteiger partial charge < -0.3 is 28.4 Å². The molecule has 0 bridgehead atoms. The third-order valence-electron chi connectivity index (χ3n) is 7.94. The predicted octanol–water partition coefficient (Wildman–Crippen LogP) is 7.48. The van der Waals surface area contributed by atoms with E-state index < -0.39 is 97.9 Å². The van der Waals surface area contributed by atoms with E-state index in [2.05, 4.69) is 6.92 Å². The molecular formula is C34H56Cl3O15P. The van der Waals surface area contributed by atoms with Crippen LogP contribution in [-0.2, 0) is 70.5 Å². The van der Waals surface area contributed by atoms with Gasteiger partial charge in [0.25, 0.3) is 0 Å². The molecule has 308 valence electrons. The maximum absolute atomic E-state index is 14.2. The first kappa shape index (κ1) is 49.3. The highest BCUT2D eigenvalue weighted by Gasteiger charge is 2.55. The van der Waals surface area contributed by atoms with Crippen molar-refractivity contribution in [1.82, 2.24) is 0 Å². The normalized spacial score (nSPS) is 21.9. The molecule has 1 unspecified atom stereocenters. The second-order valence-electron chi connectivity index (χ2n) is 12.7. The van der Waals surface area contributed by atoms with E-state index >= 15 is 0 Å². The Hall–Kier alpha value is -1.71. The van der Waals surface area contributed by atoms with Crippen molar-refractivity contribution in [1.29, 1.82) is 0 Å². The summed E-state index contributed by atoms with van der Waals surface area (Å²) in [6.07, 6.45) is 5.42. The molecule has 7 atom stereocenters. The van der Waals surface area contributed by atoms with Gasteiger partial charge in [0.05, 0.1) is 19.6 Å². The fourth-order valence-corrected chi connectivity index (χ4v) is 7.23. The van der Waals surface area contributed by atoms with E-state index in [0.717, 1.165) is 53.4 Å². The Morgan fingerprint density at radius 2 is 1.19 bits per heavy atom. The molecule has 15 nitrogen and oxygen atoms in total.